The Labute approximate surface area is 141 Å². The number of ether oxygens (including phenoxy) is 2. The van der Waals surface area contributed by atoms with E-state index in [2.05, 4.69) is 10.4 Å². The topological polar surface area (TPSA) is 68.5 Å². The first-order valence-electron chi connectivity index (χ1n) is 7.31. The number of hydrogen-bond donors (Lipinski definition) is 2. The van der Waals surface area contributed by atoms with Crippen LogP contribution in [0.5, 0.6) is 11.5 Å². The highest BCUT2D eigenvalue weighted by Crippen LogP contribution is 2.36. The predicted molar refractivity (Wildman–Crippen MR) is 90.7 cm³/mol. The second-order valence-corrected chi connectivity index (χ2v) is 5.58. The lowest BCUT2D eigenvalue weighted by atomic mass is 10.2. The molecule has 126 valence electrons. The average Bonchev–Trinajstić information content (AvgIpc) is 2.79. The van der Waals surface area contributed by atoms with Crippen LogP contribution < -0.4 is 14.8 Å². The van der Waals surface area contributed by atoms with Gasteiger partial charge in [0.25, 0.3) is 0 Å². The van der Waals surface area contributed by atoms with Crippen LogP contribution in [0.3, 0.4) is 0 Å². The van der Waals surface area contributed by atoms with E-state index in [9.17, 15) is 0 Å². The predicted octanol–water partition coefficient (Wildman–Crippen LogP) is 2.77. The first kappa shape index (κ1) is 17.4. The zero-order chi connectivity index (χ0) is 17.0. The third-order valence-electron chi connectivity index (χ3n) is 3.69. The van der Waals surface area contributed by atoms with Gasteiger partial charge in [0.2, 0.25) is 0 Å². The van der Waals surface area contributed by atoms with Gasteiger partial charge in [0.1, 0.15) is 5.82 Å². The summed E-state index contributed by atoms with van der Waals surface area (Å²) in [4.78, 5) is 0. The van der Waals surface area contributed by atoms with E-state index < -0.39 is 0 Å². The molecule has 23 heavy (non-hydrogen) atoms. The Morgan fingerprint density at radius 2 is 2.00 bits per heavy atom. The molecule has 0 aliphatic rings. The zero-order valence-electron chi connectivity index (χ0n) is 13.8. The SMILES string of the molecule is COc1cc(CNc2c(C)c(C)nn2CCO)cc(Cl)c1OC. The van der Waals surface area contributed by atoms with Gasteiger partial charge >= 0.3 is 0 Å². The van der Waals surface area contributed by atoms with Gasteiger partial charge in [-0.25, -0.2) is 4.68 Å². The van der Waals surface area contributed by atoms with E-state index in [4.69, 9.17) is 26.2 Å². The quantitative estimate of drug-likeness (QED) is 0.811. The summed E-state index contributed by atoms with van der Waals surface area (Å²) in [6, 6.07) is 3.72. The molecule has 0 amide bonds. The number of hydrogen-bond acceptors (Lipinski definition) is 5. The van der Waals surface area contributed by atoms with E-state index in [1.165, 1.54) is 0 Å². The van der Waals surface area contributed by atoms with E-state index in [0.29, 0.717) is 29.6 Å². The molecule has 0 atom stereocenters. The lowest BCUT2D eigenvalue weighted by Crippen LogP contribution is -2.11. The van der Waals surface area contributed by atoms with Gasteiger partial charge in [0.05, 0.1) is 38.1 Å². The smallest absolute Gasteiger partial charge is 0.179 e. The van der Waals surface area contributed by atoms with E-state index in [0.717, 1.165) is 22.6 Å². The molecule has 0 radical (unpaired) electrons. The molecule has 0 saturated carbocycles. The molecule has 2 rings (SSSR count). The van der Waals surface area contributed by atoms with Crippen LogP contribution >= 0.6 is 11.6 Å². The largest absolute Gasteiger partial charge is 0.493 e. The Balaban J connectivity index is 2.23. The number of methoxy groups -OCH3 is 2. The van der Waals surface area contributed by atoms with Crippen molar-refractivity contribution in [3.05, 3.63) is 34.0 Å². The number of rotatable bonds is 7. The summed E-state index contributed by atoms with van der Waals surface area (Å²) < 4.78 is 12.3. The first-order chi connectivity index (χ1) is 11.0. The van der Waals surface area contributed by atoms with E-state index >= 15 is 0 Å². The Morgan fingerprint density at radius 3 is 2.61 bits per heavy atom. The Hall–Kier alpha value is -1.92. The van der Waals surface area contributed by atoms with Crippen molar-refractivity contribution in [2.75, 3.05) is 26.1 Å². The highest BCUT2D eigenvalue weighted by atomic mass is 35.5. The molecule has 1 aromatic carbocycles. The van der Waals surface area contributed by atoms with Gasteiger partial charge in [0, 0.05) is 12.1 Å². The summed E-state index contributed by atoms with van der Waals surface area (Å²) in [5.41, 5.74) is 2.96. The lowest BCUT2D eigenvalue weighted by molar-refractivity contribution is 0.270. The molecule has 2 N–H and O–H groups in total. The number of aliphatic hydroxyl groups excluding tert-OH is 1. The van der Waals surface area contributed by atoms with Gasteiger partial charge in [-0.1, -0.05) is 11.6 Å². The molecular formula is C16H22ClN3O3. The highest BCUT2D eigenvalue weighted by molar-refractivity contribution is 6.32. The Kier molecular flexibility index (Phi) is 5.74. The Morgan fingerprint density at radius 1 is 1.26 bits per heavy atom. The summed E-state index contributed by atoms with van der Waals surface area (Å²) in [7, 11) is 3.14. The fourth-order valence-corrected chi connectivity index (χ4v) is 2.72. The molecule has 0 fully saturated rings. The summed E-state index contributed by atoms with van der Waals surface area (Å²) in [6.45, 7) is 4.99. The molecular weight excluding hydrogens is 318 g/mol. The van der Waals surface area contributed by atoms with Gasteiger partial charge in [-0.05, 0) is 31.5 Å². The van der Waals surface area contributed by atoms with Crippen LogP contribution in [0.15, 0.2) is 12.1 Å². The molecule has 0 aliphatic carbocycles. The fourth-order valence-electron chi connectivity index (χ4n) is 2.41. The van der Waals surface area contributed by atoms with Crippen molar-refractivity contribution in [1.29, 1.82) is 0 Å². The van der Waals surface area contributed by atoms with Crippen LogP contribution in [0, 0.1) is 13.8 Å². The maximum absolute atomic E-state index is 9.16. The number of halogens is 1. The molecule has 0 aliphatic heterocycles. The van der Waals surface area contributed by atoms with Crippen LogP contribution in [-0.4, -0.2) is 35.7 Å². The Bertz CT molecular complexity index is 686. The number of aliphatic hydroxyl groups is 1. The van der Waals surface area contributed by atoms with Gasteiger partial charge < -0.3 is 19.9 Å². The van der Waals surface area contributed by atoms with Crippen molar-refractivity contribution in [2.24, 2.45) is 0 Å². The maximum atomic E-state index is 9.16. The van der Waals surface area contributed by atoms with Crippen LogP contribution in [0.25, 0.3) is 0 Å². The second kappa shape index (κ2) is 7.57. The molecule has 0 saturated heterocycles. The lowest BCUT2D eigenvalue weighted by Gasteiger charge is -2.14. The molecule has 0 bridgehead atoms. The summed E-state index contributed by atoms with van der Waals surface area (Å²) in [6.07, 6.45) is 0. The van der Waals surface area contributed by atoms with Crippen LogP contribution in [0.4, 0.5) is 5.82 Å². The van der Waals surface area contributed by atoms with Crippen LogP contribution in [0.1, 0.15) is 16.8 Å². The average molecular weight is 340 g/mol. The van der Waals surface area contributed by atoms with Crippen molar-refractivity contribution in [3.63, 3.8) is 0 Å². The van der Waals surface area contributed by atoms with E-state index in [-0.39, 0.29) is 6.61 Å². The van der Waals surface area contributed by atoms with Crippen molar-refractivity contribution < 1.29 is 14.6 Å². The minimum absolute atomic E-state index is 0.0391. The highest BCUT2D eigenvalue weighted by Gasteiger charge is 2.13. The minimum Gasteiger partial charge on any atom is -0.493 e. The number of aromatic nitrogens is 2. The van der Waals surface area contributed by atoms with Crippen molar-refractivity contribution >= 4 is 17.4 Å². The summed E-state index contributed by atoms with van der Waals surface area (Å²) >= 11 is 6.23. The first-order valence-corrected chi connectivity index (χ1v) is 7.68. The zero-order valence-corrected chi connectivity index (χ0v) is 14.6. The van der Waals surface area contributed by atoms with Gasteiger partial charge in [-0.3, -0.25) is 0 Å². The van der Waals surface area contributed by atoms with Gasteiger partial charge in [-0.15, -0.1) is 0 Å². The molecule has 2 aromatic rings. The molecule has 0 spiro atoms. The number of nitrogens with one attached hydrogen (secondary N) is 1. The molecule has 1 aromatic heterocycles. The number of nitrogens with zero attached hydrogens (tertiary/aromatic N) is 2. The van der Waals surface area contributed by atoms with E-state index in [1.54, 1.807) is 18.9 Å². The fraction of sp³-hybridized carbons (Fsp3) is 0.438. The van der Waals surface area contributed by atoms with Gasteiger partial charge in [-0.2, -0.15) is 5.10 Å². The van der Waals surface area contributed by atoms with Gasteiger partial charge in [0.15, 0.2) is 11.5 Å². The molecule has 1 heterocycles. The third-order valence-corrected chi connectivity index (χ3v) is 3.97. The number of anilines is 1. The normalized spacial score (nSPS) is 10.7. The van der Waals surface area contributed by atoms with Crippen LogP contribution in [-0.2, 0) is 13.1 Å². The molecule has 7 heteroatoms. The molecule has 6 nitrogen and oxygen atoms in total. The second-order valence-electron chi connectivity index (χ2n) is 5.17. The standard InChI is InChI=1S/C16H22ClN3O3/c1-10-11(2)19-20(5-6-21)16(10)18-9-12-7-13(17)15(23-4)14(8-12)22-3/h7-8,18,21H,5-6,9H2,1-4H3. The van der Waals surface area contributed by atoms with Crippen molar-refractivity contribution in [3.8, 4) is 11.5 Å². The molecule has 0 unspecified atom stereocenters. The van der Waals surface area contributed by atoms with Crippen LogP contribution in [0.2, 0.25) is 5.02 Å². The number of aryl methyl sites for hydroxylation is 1. The minimum atomic E-state index is 0.0391. The third kappa shape index (κ3) is 3.71. The number of benzene rings is 1. The monoisotopic (exact) mass is 339 g/mol. The van der Waals surface area contributed by atoms with E-state index in [1.807, 2.05) is 26.0 Å². The maximum Gasteiger partial charge on any atom is 0.179 e. The van der Waals surface area contributed by atoms with Crippen molar-refractivity contribution in [1.82, 2.24) is 9.78 Å². The van der Waals surface area contributed by atoms with Crippen molar-refractivity contribution in [2.45, 2.75) is 26.9 Å². The summed E-state index contributed by atoms with van der Waals surface area (Å²) in [5, 5.41) is 17.4. The summed E-state index contributed by atoms with van der Waals surface area (Å²) in [5.74, 6) is 2.01.